The smallest absolute Gasteiger partial charge is 0.0225 e. The maximum Gasteiger partial charge on any atom is 0.0225 e. The molecule has 0 heteroatoms. The summed E-state index contributed by atoms with van der Waals surface area (Å²) in [5.74, 6) is 1.79. The van der Waals surface area contributed by atoms with E-state index < -0.39 is 0 Å². The Morgan fingerprint density at radius 3 is 1.95 bits per heavy atom. The van der Waals surface area contributed by atoms with Crippen molar-refractivity contribution in [2.45, 2.75) is 53.4 Å². The van der Waals surface area contributed by atoms with Gasteiger partial charge in [0.05, 0.1) is 0 Å². The van der Waals surface area contributed by atoms with Gasteiger partial charge in [0, 0.05) is 5.41 Å². The molecule has 0 aromatic heterocycles. The van der Waals surface area contributed by atoms with Crippen LogP contribution in [0.1, 0.15) is 53.5 Å². The predicted molar refractivity (Wildman–Crippen MR) is 93.4 cm³/mol. The number of benzene rings is 1. The maximum atomic E-state index is 2.49. The summed E-state index contributed by atoms with van der Waals surface area (Å²) in [4.78, 5) is 0. The second-order valence-corrected chi connectivity index (χ2v) is 7.31. The Bertz CT molecular complexity index is 528. The van der Waals surface area contributed by atoms with Gasteiger partial charge in [-0.2, -0.15) is 0 Å². The third-order valence-corrected chi connectivity index (χ3v) is 5.06. The number of rotatable bonds is 4. The first-order valence-electron chi connectivity index (χ1n) is 8.37. The Morgan fingerprint density at radius 1 is 0.857 bits per heavy atom. The third kappa shape index (κ3) is 2.86. The average Bonchev–Trinajstić information content (AvgIpc) is 2.46. The molecule has 1 unspecified atom stereocenters. The monoisotopic (exact) mass is 282 g/mol. The summed E-state index contributed by atoms with van der Waals surface area (Å²) < 4.78 is 0. The van der Waals surface area contributed by atoms with Crippen LogP contribution < -0.4 is 0 Å². The lowest BCUT2D eigenvalue weighted by Gasteiger charge is -2.44. The molecule has 0 spiro atoms. The van der Waals surface area contributed by atoms with Crippen LogP contribution in [0.4, 0.5) is 0 Å². The van der Waals surface area contributed by atoms with Gasteiger partial charge in [0.2, 0.25) is 0 Å². The van der Waals surface area contributed by atoms with E-state index in [1.807, 2.05) is 0 Å². The zero-order valence-corrected chi connectivity index (χ0v) is 14.5. The molecule has 0 bridgehead atoms. The summed E-state index contributed by atoms with van der Waals surface area (Å²) in [6.45, 7) is 14.0. The van der Waals surface area contributed by atoms with Gasteiger partial charge in [0.15, 0.2) is 0 Å². The van der Waals surface area contributed by atoms with E-state index in [1.165, 1.54) is 11.1 Å². The standard InChI is InChI=1S/C21H30/c1-15(2)18-12-13-21(17(5)6,20(14-18)16(3)4)19-10-8-7-9-11-19/h7-12,14-17H,13H2,1-6H3. The molecule has 114 valence electrons. The van der Waals surface area contributed by atoms with Crippen molar-refractivity contribution >= 4 is 0 Å². The summed E-state index contributed by atoms with van der Waals surface area (Å²) >= 11 is 0. The van der Waals surface area contributed by atoms with Gasteiger partial charge in [-0.15, -0.1) is 0 Å². The maximum absolute atomic E-state index is 2.49. The summed E-state index contributed by atoms with van der Waals surface area (Å²) in [6, 6.07) is 11.1. The molecule has 2 rings (SSSR count). The van der Waals surface area contributed by atoms with Crippen LogP contribution in [-0.2, 0) is 5.41 Å². The lowest BCUT2D eigenvalue weighted by atomic mass is 9.59. The van der Waals surface area contributed by atoms with Crippen molar-refractivity contribution in [3.63, 3.8) is 0 Å². The van der Waals surface area contributed by atoms with Gasteiger partial charge < -0.3 is 0 Å². The molecule has 1 aliphatic carbocycles. The Morgan fingerprint density at radius 2 is 1.48 bits per heavy atom. The highest BCUT2D eigenvalue weighted by molar-refractivity contribution is 5.46. The van der Waals surface area contributed by atoms with Crippen molar-refractivity contribution < 1.29 is 0 Å². The minimum absolute atomic E-state index is 0.161. The molecule has 0 N–H and O–H groups in total. The zero-order valence-electron chi connectivity index (χ0n) is 14.5. The van der Waals surface area contributed by atoms with Crippen molar-refractivity contribution in [2.75, 3.05) is 0 Å². The van der Waals surface area contributed by atoms with Crippen molar-refractivity contribution in [1.82, 2.24) is 0 Å². The van der Waals surface area contributed by atoms with E-state index in [0.717, 1.165) is 6.42 Å². The van der Waals surface area contributed by atoms with Gasteiger partial charge in [-0.3, -0.25) is 0 Å². The average molecular weight is 282 g/mol. The van der Waals surface area contributed by atoms with Crippen LogP contribution in [0.3, 0.4) is 0 Å². The molecule has 0 radical (unpaired) electrons. The first-order valence-corrected chi connectivity index (χ1v) is 8.37. The number of allylic oxidation sites excluding steroid dienone is 4. The van der Waals surface area contributed by atoms with Crippen LogP contribution in [0, 0.1) is 17.8 Å². The highest BCUT2D eigenvalue weighted by Gasteiger charge is 2.41. The van der Waals surface area contributed by atoms with Crippen molar-refractivity contribution in [3.8, 4) is 0 Å². The molecule has 0 amide bonds. The fourth-order valence-corrected chi connectivity index (χ4v) is 3.77. The molecule has 0 saturated heterocycles. The Kier molecular flexibility index (Phi) is 4.76. The quantitative estimate of drug-likeness (QED) is 0.621. The number of hydrogen-bond acceptors (Lipinski definition) is 0. The first-order chi connectivity index (χ1) is 9.89. The largest absolute Gasteiger partial charge is 0.0798 e. The van der Waals surface area contributed by atoms with Gasteiger partial charge in [-0.1, -0.05) is 89.6 Å². The van der Waals surface area contributed by atoms with Crippen LogP contribution in [0.5, 0.6) is 0 Å². The van der Waals surface area contributed by atoms with Gasteiger partial charge in [-0.05, 0) is 35.3 Å². The van der Waals surface area contributed by atoms with E-state index in [1.54, 1.807) is 5.57 Å². The normalized spacial score (nSPS) is 22.7. The molecule has 0 heterocycles. The molecule has 0 aliphatic heterocycles. The SMILES string of the molecule is CC(C)C1=CCC(c2ccccc2)(C(C)C)C(C(C)C)=C1. The van der Waals surface area contributed by atoms with Crippen LogP contribution in [0.25, 0.3) is 0 Å². The Balaban J connectivity index is 2.60. The fraction of sp³-hybridized carbons (Fsp3) is 0.524. The van der Waals surface area contributed by atoms with Crippen LogP contribution in [0.2, 0.25) is 0 Å². The predicted octanol–water partition coefficient (Wildman–Crippen LogP) is 6.15. The van der Waals surface area contributed by atoms with Crippen LogP contribution in [-0.4, -0.2) is 0 Å². The van der Waals surface area contributed by atoms with Gasteiger partial charge in [0.25, 0.3) is 0 Å². The molecule has 1 atom stereocenters. The van der Waals surface area contributed by atoms with Crippen molar-refractivity contribution in [1.29, 1.82) is 0 Å². The highest BCUT2D eigenvalue weighted by Crippen LogP contribution is 2.48. The lowest BCUT2D eigenvalue weighted by Crippen LogP contribution is -2.38. The molecule has 1 aliphatic rings. The second-order valence-electron chi connectivity index (χ2n) is 7.31. The third-order valence-electron chi connectivity index (χ3n) is 5.06. The molecule has 0 nitrogen and oxygen atoms in total. The molecule has 21 heavy (non-hydrogen) atoms. The molecular formula is C21H30. The fourth-order valence-electron chi connectivity index (χ4n) is 3.77. The molecule has 1 aromatic carbocycles. The minimum atomic E-state index is 0.161. The highest BCUT2D eigenvalue weighted by atomic mass is 14.4. The lowest BCUT2D eigenvalue weighted by molar-refractivity contribution is 0.333. The van der Waals surface area contributed by atoms with Gasteiger partial charge in [-0.25, -0.2) is 0 Å². The van der Waals surface area contributed by atoms with Crippen molar-refractivity contribution in [3.05, 3.63) is 59.2 Å². The van der Waals surface area contributed by atoms with E-state index >= 15 is 0 Å². The molecule has 1 aromatic rings. The van der Waals surface area contributed by atoms with E-state index in [4.69, 9.17) is 0 Å². The zero-order chi connectivity index (χ0) is 15.6. The van der Waals surface area contributed by atoms with E-state index in [-0.39, 0.29) is 5.41 Å². The van der Waals surface area contributed by atoms with Gasteiger partial charge in [0.1, 0.15) is 0 Å². The van der Waals surface area contributed by atoms with Crippen LogP contribution in [0.15, 0.2) is 53.6 Å². The topological polar surface area (TPSA) is 0 Å². The van der Waals surface area contributed by atoms with Gasteiger partial charge >= 0.3 is 0 Å². The summed E-state index contributed by atoms with van der Waals surface area (Å²) in [7, 11) is 0. The van der Waals surface area contributed by atoms with E-state index in [2.05, 4.69) is 84.0 Å². The summed E-state index contributed by atoms with van der Waals surface area (Å²) in [5, 5.41) is 0. The Labute approximate surface area is 131 Å². The molecular weight excluding hydrogens is 252 g/mol. The first kappa shape index (κ1) is 16.1. The van der Waals surface area contributed by atoms with E-state index in [9.17, 15) is 0 Å². The van der Waals surface area contributed by atoms with Crippen LogP contribution >= 0.6 is 0 Å². The number of hydrogen-bond donors (Lipinski definition) is 0. The molecule has 0 fully saturated rings. The minimum Gasteiger partial charge on any atom is -0.0798 e. The summed E-state index contributed by atoms with van der Waals surface area (Å²) in [5.41, 5.74) is 4.74. The van der Waals surface area contributed by atoms with E-state index in [0.29, 0.717) is 17.8 Å². The second kappa shape index (κ2) is 6.22. The Hall–Kier alpha value is -1.30. The summed E-state index contributed by atoms with van der Waals surface area (Å²) in [6.07, 6.45) is 6.10. The molecule has 0 saturated carbocycles. The van der Waals surface area contributed by atoms with Crippen molar-refractivity contribution in [2.24, 2.45) is 17.8 Å².